The third-order valence-corrected chi connectivity index (χ3v) is 12.0. The maximum Gasteiger partial charge on any atom is 0.407 e. The van der Waals surface area contributed by atoms with Crippen LogP contribution in [0.15, 0.2) is 48.9 Å². The smallest absolute Gasteiger partial charge is 0.407 e. The minimum atomic E-state index is -0.999. The normalized spacial score (nSPS) is 24.7. The molecule has 2 bridgehead atoms. The fourth-order valence-electron chi connectivity index (χ4n) is 8.59. The van der Waals surface area contributed by atoms with Gasteiger partial charge < -0.3 is 19.9 Å². The number of pyridine rings is 1. The van der Waals surface area contributed by atoms with Crippen molar-refractivity contribution < 1.29 is 24.2 Å². The van der Waals surface area contributed by atoms with Crippen molar-refractivity contribution in [1.29, 1.82) is 0 Å². The third-order valence-electron chi connectivity index (χ3n) is 12.0. The molecule has 10 nitrogen and oxygen atoms in total. The summed E-state index contributed by atoms with van der Waals surface area (Å²) in [6.07, 6.45) is 15.0. The van der Waals surface area contributed by atoms with Crippen molar-refractivity contribution in [3.05, 3.63) is 60.0 Å². The van der Waals surface area contributed by atoms with E-state index in [9.17, 15) is 14.7 Å². The highest BCUT2D eigenvalue weighted by Gasteiger charge is 2.51. The summed E-state index contributed by atoms with van der Waals surface area (Å²) in [6.45, 7) is 10.7. The summed E-state index contributed by atoms with van der Waals surface area (Å²) < 4.78 is 13.0. The molecule has 0 unspecified atom stereocenters. The number of alkyl carbamates (subject to hydrolysis) is 1. The minimum Gasteiger partial charge on any atom is -0.496 e. The second-order valence-electron chi connectivity index (χ2n) is 16.6. The first-order valence-electron chi connectivity index (χ1n) is 18.9. The Morgan fingerprint density at radius 1 is 1.04 bits per heavy atom. The van der Waals surface area contributed by atoms with Crippen molar-refractivity contribution in [2.75, 3.05) is 31.7 Å². The average Bonchev–Trinajstić information content (AvgIpc) is 3.64. The van der Waals surface area contributed by atoms with Crippen LogP contribution in [0.1, 0.15) is 109 Å². The molecule has 0 radical (unpaired) electrons. The van der Waals surface area contributed by atoms with Gasteiger partial charge in [0.25, 0.3) is 0 Å². The van der Waals surface area contributed by atoms with Gasteiger partial charge in [-0.3, -0.25) is 14.4 Å². The second kappa shape index (κ2) is 15.0. The van der Waals surface area contributed by atoms with Gasteiger partial charge in [0, 0.05) is 43.0 Å². The number of rotatable bonds is 12. The predicted octanol–water partition coefficient (Wildman–Crippen LogP) is 7.77. The van der Waals surface area contributed by atoms with Gasteiger partial charge in [-0.25, -0.2) is 9.78 Å². The van der Waals surface area contributed by atoms with Gasteiger partial charge in [-0.05, 0) is 150 Å². The number of carbonyl (C=O) groups excluding carboxylic acids is 2. The Kier molecular flexibility index (Phi) is 10.8. The van der Waals surface area contributed by atoms with Gasteiger partial charge in [-0.2, -0.15) is 5.10 Å². The van der Waals surface area contributed by atoms with Crippen LogP contribution in [-0.4, -0.2) is 64.3 Å². The molecule has 0 saturated heterocycles. The van der Waals surface area contributed by atoms with Crippen LogP contribution in [0.2, 0.25) is 0 Å². The van der Waals surface area contributed by atoms with Crippen molar-refractivity contribution in [2.45, 2.75) is 116 Å². The molecule has 7 rings (SSSR count). The molecular formula is C41H57N5O5. The fourth-order valence-corrected chi connectivity index (χ4v) is 8.59. The minimum absolute atomic E-state index is 0.0562. The summed E-state index contributed by atoms with van der Waals surface area (Å²) in [7, 11) is 1.73. The number of aryl methyl sites for hydroxylation is 1. The number of hydrogen-bond donors (Lipinski definition) is 2. The van der Waals surface area contributed by atoms with Crippen LogP contribution in [0.4, 0.5) is 10.6 Å². The van der Waals surface area contributed by atoms with E-state index in [1.165, 1.54) is 11.1 Å². The lowest BCUT2D eigenvalue weighted by Gasteiger charge is -2.55. The number of benzene rings is 1. The van der Waals surface area contributed by atoms with Crippen LogP contribution < -0.4 is 15.0 Å². The monoisotopic (exact) mass is 699 g/mol. The number of methoxy groups -OCH3 is 1. The molecule has 4 fully saturated rings. The first-order chi connectivity index (χ1) is 24.3. The van der Waals surface area contributed by atoms with Crippen LogP contribution in [-0.2, 0) is 14.9 Å². The molecule has 0 aliphatic heterocycles. The number of aromatic nitrogens is 3. The summed E-state index contributed by atoms with van der Waals surface area (Å²) in [5.41, 5.74) is 3.88. The first kappa shape index (κ1) is 36.9. The molecule has 4 saturated carbocycles. The van der Waals surface area contributed by atoms with E-state index in [1.54, 1.807) is 21.0 Å². The third kappa shape index (κ3) is 8.43. The lowest BCUT2D eigenvalue weighted by Crippen LogP contribution is -2.52. The van der Waals surface area contributed by atoms with E-state index in [0.29, 0.717) is 19.0 Å². The second-order valence-corrected chi connectivity index (χ2v) is 16.6. The Morgan fingerprint density at radius 2 is 1.75 bits per heavy atom. The SMILES string of the molecule is COc1ccc(C23CCC(CN(C(=O)C4CCC(COC(=O)NCC(C)(C)O)CC4)c4cc(-c5cnn(C(C)C)c5)ccn4)(CC2)CC3)cc1C. The summed E-state index contributed by atoms with van der Waals surface area (Å²) in [6, 6.07) is 11.0. The molecule has 0 spiro atoms. The zero-order valence-corrected chi connectivity index (χ0v) is 31.4. The van der Waals surface area contributed by atoms with Gasteiger partial charge in [-0.1, -0.05) is 12.1 Å². The van der Waals surface area contributed by atoms with Gasteiger partial charge in [0.2, 0.25) is 5.91 Å². The molecule has 1 aromatic carbocycles. The van der Waals surface area contributed by atoms with Crippen molar-refractivity contribution in [2.24, 2.45) is 17.3 Å². The van der Waals surface area contributed by atoms with Gasteiger partial charge in [-0.15, -0.1) is 0 Å². The Labute approximate surface area is 303 Å². The average molecular weight is 700 g/mol. The zero-order chi connectivity index (χ0) is 36.4. The van der Waals surface area contributed by atoms with Gasteiger partial charge in [0.1, 0.15) is 11.6 Å². The van der Waals surface area contributed by atoms with E-state index in [4.69, 9.17) is 14.5 Å². The molecule has 4 aliphatic rings. The molecule has 4 aliphatic carbocycles. The number of hydrogen-bond acceptors (Lipinski definition) is 7. The maximum absolute atomic E-state index is 14.7. The largest absolute Gasteiger partial charge is 0.496 e. The molecule has 2 amide bonds. The van der Waals surface area contributed by atoms with E-state index in [-0.39, 0.29) is 41.2 Å². The Bertz CT molecular complexity index is 1660. The molecule has 2 N–H and O–H groups in total. The number of fused-ring (bicyclic) bond motifs is 3. The summed E-state index contributed by atoms with van der Waals surface area (Å²) in [5, 5.41) is 17.1. The Morgan fingerprint density at radius 3 is 2.35 bits per heavy atom. The molecule has 51 heavy (non-hydrogen) atoms. The number of nitrogens with one attached hydrogen (secondary N) is 1. The predicted molar refractivity (Wildman–Crippen MR) is 199 cm³/mol. The highest BCUT2D eigenvalue weighted by atomic mass is 16.5. The van der Waals surface area contributed by atoms with Crippen LogP contribution >= 0.6 is 0 Å². The molecular weight excluding hydrogens is 642 g/mol. The zero-order valence-electron chi connectivity index (χ0n) is 31.4. The number of amides is 2. The number of carbonyl (C=O) groups is 2. The number of anilines is 1. The number of ether oxygens (including phenoxy) is 2. The standard InChI is InChI=1S/C41H57N5O5/c1-28(2)46-24-33(23-44-46)32-13-20-42-36(22-32)45(37(47)31-9-7-30(8-10-31)25-51-38(48)43-26-39(4,5)49)27-40-14-17-41(18-15-40,19-16-40)34-11-12-35(50-6)29(3)21-34/h11-13,20-24,28,30-31,49H,7-10,14-19,25-27H2,1-6H3,(H,43,48). The summed E-state index contributed by atoms with van der Waals surface area (Å²) in [4.78, 5) is 33.7. The molecule has 2 heterocycles. The van der Waals surface area contributed by atoms with E-state index < -0.39 is 11.7 Å². The van der Waals surface area contributed by atoms with Gasteiger partial charge >= 0.3 is 6.09 Å². The topological polar surface area (TPSA) is 119 Å². The summed E-state index contributed by atoms with van der Waals surface area (Å²) in [5.74, 6) is 1.91. The van der Waals surface area contributed by atoms with Crippen LogP contribution in [0.25, 0.3) is 11.1 Å². The summed E-state index contributed by atoms with van der Waals surface area (Å²) >= 11 is 0. The van der Waals surface area contributed by atoms with Gasteiger partial charge in [0.05, 0.1) is 25.5 Å². The highest BCUT2D eigenvalue weighted by Crippen LogP contribution is 2.58. The van der Waals surface area contributed by atoms with Crippen molar-refractivity contribution in [3.8, 4) is 16.9 Å². The Hall–Kier alpha value is -3.92. The van der Waals surface area contributed by atoms with E-state index in [1.807, 2.05) is 28.0 Å². The fraction of sp³-hybridized carbons (Fsp3) is 0.610. The lowest BCUT2D eigenvalue weighted by atomic mass is 9.51. The molecule has 10 heteroatoms. The van der Waals surface area contributed by atoms with Gasteiger partial charge in [0.15, 0.2) is 0 Å². The van der Waals surface area contributed by atoms with Crippen LogP contribution in [0.5, 0.6) is 5.75 Å². The molecule has 0 atom stereocenters. The number of aliphatic hydroxyl groups is 1. The highest BCUT2D eigenvalue weighted by molar-refractivity contribution is 5.95. The molecule has 3 aromatic rings. The first-order valence-corrected chi connectivity index (χ1v) is 18.9. The van der Waals surface area contributed by atoms with Crippen LogP contribution in [0.3, 0.4) is 0 Å². The van der Waals surface area contributed by atoms with Crippen molar-refractivity contribution in [1.82, 2.24) is 20.1 Å². The quantitative estimate of drug-likeness (QED) is 0.198. The number of nitrogens with zero attached hydrogens (tertiary/aromatic N) is 4. The van der Waals surface area contributed by atoms with Crippen molar-refractivity contribution >= 4 is 17.8 Å². The van der Waals surface area contributed by atoms with E-state index >= 15 is 0 Å². The molecule has 276 valence electrons. The van der Waals surface area contributed by atoms with Crippen LogP contribution in [0, 0.1) is 24.2 Å². The Balaban J connectivity index is 1.18. The van der Waals surface area contributed by atoms with E-state index in [2.05, 4.69) is 61.6 Å². The maximum atomic E-state index is 14.7. The van der Waals surface area contributed by atoms with Crippen molar-refractivity contribution in [3.63, 3.8) is 0 Å². The lowest BCUT2D eigenvalue weighted by molar-refractivity contribution is -0.124. The van der Waals surface area contributed by atoms with E-state index in [0.717, 1.165) is 81.1 Å². The molecule has 2 aromatic heterocycles.